The highest BCUT2D eigenvalue weighted by Crippen LogP contribution is 2.28. The predicted molar refractivity (Wildman–Crippen MR) is 70.8 cm³/mol. The number of hydrogen-bond acceptors (Lipinski definition) is 5. The van der Waals surface area contributed by atoms with E-state index in [1.54, 1.807) is 0 Å². The quantitative estimate of drug-likeness (QED) is 0.772. The van der Waals surface area contributed by atoms with Crippen molar-refractivity contribution in [3.8, 4) is 0 Å². The Hall–Kier alpha value is -0.680. The van der Waals surface area contributed by atoms with Crippen molar-refractivity contribution in [2.45, 2.75) is 52.2 Å². The van der Waals surface area contributed by atoms with E-state index in [0.29, 0.717) is 6.04 Å². The van der Waals surface area contributed by atoms with Crippen molar-refractivity contribution < 1.29 is 4.74 Å². The van der Waals surface area contributed by atoms with Crippen LogP contribution in [0.2, 0.25) is 0 Å². The zero-order chi connectivity index (χ0) is 12.6. The molecule has 1 fully saturated rings. The van der Waals surface area contributed by atoms with E-state index in [9.17, 15) is 0 Å². The van der Waals surface area contributed by atoms with Crippen LogP contribution in [0.25, 0.3) is 0 Å². The number of morpholine rings is 1. The molecule has 96 valence electrons. The largest absolute Gasteiger partial charge is 0.375 e. The lowest BCUT2D eigenvalue weighted by Crippen LogP contribution is -2.48. The van der Waals surface area contributed by atoms with Crippen LogP contribution in [0.3, 0.4) is 0 Å². The van der Waals surface area contributed by atoms with Crippen molar-refractivity contribution in [2.24, 2.45) is 0 Å². The fourth-order valence-corrected chi connectivity index (χ4v) is 2.81. The molecular weight excluding hydrogens is 234 g/mol. The normalized spacial score (nSPS) is 26.3. The maximum absolute atomic E-state index is 5.63. The summed E-state index contributed by atoms with van der Waals surface area (Å²) in [4.78, 5) is 6.97. The van der Waals surface area contributed by atoms with Gasteiger partial charge in [-0.3, -0.25) is 0 Å². The highest BCUT2D eigenvalue weighted by molar-refractivity contribution is 7.09. The summed E-state index contributed by atoms with van der Waals surface area (Å²) in [7, 11) is 0. The third-order valence-corrected chi connectivity index (χ3v) is 3.97. The molecule has 1 aliphatic heterocycles. The Kier molecular flexibility index (Phi) is 3.41. The van der Waals surface area contributed by atoms with Crippen molar-refractivity contribution in [2.75, 3.05) is 18.1 Å². The average Bonchev–Trinajstić information content (AvgIpc) is 2.70. The van der Waals surface area contributed by atoms with E-state index in [1.807, 2.05) is 0 Å². The summed E-state index contributed by atoms with van der Waals surface area (Å²) >= 11 is 1.50. The van der Waals surface area contributed by atoms with Crippen molar-refractivity contribution in [1.29, 1.82) is 0 Å². The van der Waals surface area contributed by atoms with Crippen molar-refractivity contribution in [3.63, 3.8) is 0 Å². The molecule has 5 heteroatoms. The Morgan fingerprint density at radius 2 is 2.06 bits per heavy atom. The van der Waals surface area contributed by atoms with Crippen LogP contribution in [-0.2, 0) is 10.2 Å². The molecule has 0 amide bonds. The van der Waals surface area contributed by atoms with Crippen molar-refractivity contribution in [3.05, 3.63) is 5.82 Å². The topological polar surface area (TPSA) is 38.2 Å². The minimum absolute atomic E-state index is 0.0237. The van der Waals surface area contributed by atoms with Gasteiger partial charge >= 0.3 is 0 Å². The molecule has 4 nitrogen and oxygen atoms in total. The van der Waals surface area contributed by atoms with Crippen LogP contribution >= 0.6 is 11.5 Å². The lowest BCUT2D eigenvalue weighted by Gasteiger charge is -2.37. The van der Waals surface area contributed by atoms with Gasteiger partial charge < -0.3 is 9.64 Å². The van der Waals surface area contributed by atoms with Gasteiger partial charge in [0.2, 0.25) is 5.13 Å². The third-order valence-electron chi connectivity index (χ3n) is 3.22. The Labute approximate surface area is 107 Å². The van der Waals surface area contributed by atoms with E-state index < -0.39 is 0 Å². The first-order chi connectivity index (χ1) is 7.89. The van der Waals surface area contributed by atoms with Crippen LogP contribution in [0, 0.1) is 0 Å². The molecule has 0 N–H and O–H groups in total. The molecule has 0 spiro atoms. The minimum atomic E-state index is 0.0237. The Morgan fingerprint density at radius 3 is 2.65 bits per heavy atom. The summed E-state index contributed by atoms with van der Waals surface area (Å²) in [6.45, 7) is 12.4. The Bertz CT molecular complexity index is 385. The van der Waals surface area contributed by atoms with E-state index >= 15 is 0 Å². The van der Waals surface area contributed by atoms with E-state index in [-0.39, 0.29) is 11.5 Å². The molecule has 1 saturated heterocycles. The van der Waals surface area contributed by atoms with Gasteiger partial charge in [0.15, 0.2) is 0 Å². The maximum atomic E-state index is 5.63. The van der Waals surface area contributed by atoms with Crippen LogP contribution in [0.15, 0.2) is 0 Å². The predicted octanol–water partition coefficient (Wildman–Crippen LogP) is 2.45. The second-order valence-corrected chi connectivity index (χ2v) is 6.39. The van der Waals surface area contributed by atoms with Crippen LogP contribution in [-0.4, -0.2) is 34.7 Å². The fraction of sp³-hybridized carbons (Fsp3) is 0.833. The number of aromatic nitrogens is 2. The first kappa shape index (κ1) is 12.8. The van der Waals surface area contributed by atoms with Gasteiger partial charge in [-0.05, 0) is 13.8 Å². The summed E-state index contributed by atoms with van der Waals surface area (Å²) in [6, 6.07) is 0.365. The number of nitrogens with zero attached hydrogens (tertiary/aromatic N) is 3. The lowest BCUT2D eigenvalue weighted by atomic mass is 9.96. The van der Waals surface area contributed by atoms with Crippen molar-refractivity contribution >= 4 is 16.7 Å². The number of rotatable bonds is 1. The first-order valence-electron chi connectivity index (χ1n) is 6.12. The molecule has 1 aromatic heterocycles. The monoisotopic (exact) mass is 255 g/mol. The first-order valence-corrected chi connectivity index (χ1v) is 6.89. The van der Waals surface area contributed by atoms with Gasteiger partial charge in [-0.25, -0.2) is 4.98 Å². The van der Waals surface area contributed by atoms with E-state index in [0.717, 1.165) is 24.1 Å². The molecule has 2 unspecified atom stereocenters. The molecule has 2 rings (SSSR count). The molecule has 17 heavy (non-hydrogen) atoms. The van der Waals surface area contributed by atoms with E-state index in [2.05, 4.69) is 48.9 Å². The van der Waals surface area contributed by atoms with Crippen LogP contribution in [0.1, 0.15) is 40.4 Å². The third kappa shape index (κ3) is 2.60. The smallest absolute Gasteiger partial charge is 0.205 e. The van der Waals surface area contributed by atoms with Gasteiger partial charge in [-0.2, -0.15) is 4.37 Å². The average molecular weight is 255 g/mol. The second-order valence-electron chi connectivity index (χ2n) is 5.66. The molecule has 0 saturated carbocycles. The molecule has 1 aliphatic rings. The lowest BCUT2D eigenvalue weighted by molar-refractivity contribution is 0.0284. The molecule has 2 heterocycles. The second kappa shape index (κ2) is 4.53. The van der Waals surface area contributed by atoms with E-state index in [1.165, 1.54) is 11.5 Å². The van der Waals surface area contributed by atoms with Crippen LogP contribution < -0.4 is 4.90 Å². The SMILES string of the molecule is CC1OCCN(c2nc(C(C)(C)C)ns2)C1C. The standard InChI is InChI=1S/C12H21N3OS/c1-8-9(2)16-7-6-15(8)11-13-10(14-17-11)12(3,4)5/h8-9H,6-7H2,1-5H3. The van der Waals surface area contributed by atoms with Gasteiger partial charge in [0, 0.05) is 23.5 Å². The van der Waals surface area contributed by atoms with E-state index in [4.69, 9.17) is 4.74 Å². The van der Waals surface area contributed by atoms with Crippen LogP contribution in [0.4, 0.5) is 5.13 Å². The summed E-state index contributed by atoms with van der Waals surface area (Å²) < 4.78 is 10.1. The summed E-state index contributed by atoms with van der Waals surface area (Å²) in [5.74, 6) is 0.934. The fourth-order valence-electron chi connectivity index (χ4n) is 1.84. The summed E-state index contributed by atoms with van der Waals surface area (Å²) in [5, 5.41) is 1.03. The number of hydrogen-bond donors (Lipinski definition) is 0. The minimum Gasteiger partial charge on any atom is -0.375 e. The zero-order valence-corrected chi connectivity index (χ0v) is 12.0. The van der Waals surface area contributed by atoms with Gasteiger partial charge in [-0.1, -0.05) is 20.8 Å². The number of ether oxygens (including phenoxy) is 1. The zero-order valence-electron chi connectivity index (χ0n) is 11.2. The van der Waals surface area contributed by atoms with Gasteiger partial charge in [0.25, 0.3) is 0 Å². The molecule has 2 atom stereocenters. The molecule has 0 aromatic carbocycles. The Morgan fingerprint density at radius 1 is 1.35 bits per heavy atom. The molecule has 0 bridgehead atoms. The maximum Gasteiger partial charge on any atom is 0.205 e. The highest BCUT2D eigenvalue weighted by atomic mass is 32.1. The molecule has 1 aromatic rings. The molecule has 0 radical (unpaired) electrons. The molecule has 0 aliphatic carbocycles. The van der Waals surface area contributed by atoms with Crippen LogP contribution in [0.5, 0.6) is 0 Å². The molecular formula is C12H21N3OS. The Balaban J connectivity index is 2.19. The summed E-state index contributed by atoms with van der Waals surface area (Å²) in [5.41, 5.74) is 0.0237. The highest BCUT2D eigenvalue weighted by Gasteiger charge is 2.29. The van der Waals surface area contributed by atoms with Crippen molar-refractivity contribution in [1.82, 2.24) is 9.36 Å². The number of anilines is 1. The van der Waals surface area contributed by atoms with Gasteiger partial charge in [-0.15, -0.1) is 0 Å². The summed E-state index contributed by atoms with van der Waals surface area (Å²) in [6.07, 6.45) is 0.255. The van der Waals surface area contributed by atoms with Gasteiger partial charge in [0.1, 0.15) is 5.82 Å². The van der Waals surface area contributed by atoms with Gasteiger partial charge in [0.05, 0.1) is 18.8 Å².